The van der Waals surface area contributed by atoms with E-state index in [2.05, 4.69) is 23.3 Å². The highest BCUT2D eigenvalue weighted by Crippen LogP contribution is 2.29. The number of nitrogens with zero attached hydrogens (tertiary/aromatic N) is 1. The second-order valence-electron chi connectivity index (χ2n) is 5.86. The van der Waals surface area contributed by atoms with Crippen LogP contribution in [0.1, 0.15) is 23.6 Å². The van der Waals surface area contributed by atoms with Gasteiger partial charge in [-0.1, -0.05) is 19.1 Å². The first-order valence-electron chi connectivity index (χ1n) is 8.33. The van der Waals surface area contributed by atoms with Gasteiger partial charge in [-0.05, 0) is 48.2 Å². The van der Waals surface area contributed by atoms with Gasteiger partial charge in [-0.2, -0.15) is 0 Å². The summed E-state index contributed by atoms with van der Waals surface area (Å²) < 4.78 is 24.4. The molecule has 0 saturated carbocycles. The van der Waals surface area contributed by atoms with Crippen molar-refractivity contribution in [2.45, 2.75) is 26.4 Å². The Morgan fingerprint density at radius 2 is 2.15 bits per heavy atom. The maximum Gasteiger partial charge on any atom is 0.193 e. The van der Waals surface area contributed by atoms with E-state index in [4.69, 9.17) is 15.2 Å². The molecule has 0 amide bonds. The summed E-state index contributed by atoms with van der Waals surface area (Å²) in [4.78, 5) is 4.32. The number of aryl methyl sites for hydroxylation is 1. The van der Waals surface area contributed by atoms with E-state index in [1.165, 1.54) is 17.7 Å². The third kappa shape index (κ3) is 5.31. The van der Waals surface area contributed by atoms with Gasteiger partial charge in [0.25, 0.3) is 0 Å². The predicted octanol–water partition coefficient (Wildman–Crippen LogP) is 3.84. The summed E-state index contributed by atoms with van der Waals surface area (Å²) in [5.74, 6) is 0.738. The van der Waals surface area contributed by atoms with Crippen LogP contribution in [0.3, 0.4) is 0 Å². The van der Waals surface area contributed by atoms with Crippen molar-refractivity contribution in [3.05, 3.63) is 58.9 Å². The van der Waals surface area contributed by atoms with Crippen LogP contribution in [0, 0.1) is 5.82 Å². The SMILES string of the molecule is CCc1cccc(NC(N)=NCCc2cc(F)cc3c2OCOC3)c1.I. The van der Waals surface area contributed by atoms with Crippen molar-refractivity contribution < 1.29 is 13.9 Å². The molecule has 0 spiro atoms. The molecule has 0 bridgehead atoms. The monoisotopic (exact) mass is 471 g/mol. The Labute approximate surface area is 169 Å². The van der Waals surface area contributed by atoms with Crippen LogP contribution in [0.5, 0.6) is 5.75 Å². The fourth-order valence-electron chi connectivity index (χ4n) is 2.80. The Hall–Kier alpha value is -1.87. The van der Waals surface area contributed by atoms with Crippen molar-refractivity contribution in [3.8, 4) is 5.75 Å². The fourth-order valence-corrected chi connectivity index (χ4v) is 2.80. The van der Waals surface area contributed by atoms with Crippen LogP contribution in [-0.2, 0) is 24.2 Å². The lowest BCUT2D eigenvalue weighted by atomic mass is 10.1. The molecule has 1 aliphatic heterocycles. The summed E-state index contributed by atoms with van der Waals surface area (Å²) in [5.41, 5.74) is 9.58. The smallest absolute Gasteiger partial charge is 0.193 e. The van der Waals surface area contributed by atoms with E-state index in [9.17, 15) is 4.39 Å². The molecule has 26 heavy (non-hydrogen) atoms. The van der Waals surface area contributed by atoms with Crippen molar-refractivity contribution in [1.29, 1.82) is 0 Å². The van der Waals surface area contributed by atoms with Gasteiger partial charge in [0.05, 0.1) is 6.61 Å². The highest BCUT2D eigenvalue weighted by atomic mass is 127. The molecule has 140 valence electrons. The molecule has 0 aromatic heterocycles. The molecule has 3 N–H and O–H groups in total. The number of ether oxygens (including phenoxy) is 2. The number of hydrogen-bond acceptors (Lipinski definition) is 3. The number of guanidine groups is 1. The summed E-state index contributed by atoms with van der Waals surface area (Å²) >= 11 is 0. The summed E-state index contributed by atoms with van der Waals surface area (Å²) in [5, 5.41) is 3.08. The number of rotatable bonds is 5. The second kappa shape index (κ2) is 9.72. The quantitative estimate of drug-likeness (QED) is 0.395. The van der Waals surface area contributed by atoms with E-state index < -0.39 is 0 Å². The molecule has 0 aliphatic carbocycles. The number of nitrogens with two attached hydrogens (primary N) is 1. The number of fused-ring (bicyclic) bond motifs is 1. The van der Waals surface area contributed by atoms with Gasteiger partial charge in [-0.15, -0.1) is 24.0 Å². The highest BCUT2D eigenvalue weighted by Gasteiger charge is 2.16. The van der Waals surface area contributed by atoms with Crippen LogP contribution in [0.2, 0.25) is 0 Å². The molecule has 2 aromatic rings. The molecule has 3 rings (SSSR count). The largest absolute Gasteiger partial charge is 0.467 e. The van der Waals surface area contributed by atoms with Crippen LogP contribution in [0.25, 0.3) is 0 Å². The Morgan fingerprint density at radius 3 is 2.96 bits per heavy atom. The molecule has 7 heteroatoms. The van der Waals surface area contributed by atoms with E-state index in [1.807, 2.05) is 18.2 Å². The van der Waals surface area contributed by atoms with Gasteiger partial charge in [0, 0.05) is 17.8 Å². The summed E-state index contributed by atoms with van der Waals surface area (Å²) in [6.07, 6.45) is 1.50. The van der Waals surface area contributed by atoms with Gasteiger partial charge in [-0.3, -0.25) is 4.99 Å². The van der Waals surface area contributed by atoms with Crippen molar-refractivity contribution in [3.63, 3.8) is 0 Å². The topological polar surface area (TPSA) is 68.9 Å². The predicted molar refractivity (Wildman–Crippen MR) is 112 cm³/mol. The fraction of sp³-hybridized carbons (Fsp3) is 0.316. The highest BCUT2D eigenvalue weighted by molar-refractivity contribution is 14.0. The van der Waals surface area contributed by atoms with E-state index in [1.54, 1.807) is 0 Å². The first-order valence-corrected chi connectivity index (χ1v) is 8.33. The summed E-state index contributed by atoms with van der Waals surface area (Å²) in [6, 6.07) is 11.0. The van der Waals surface area contributed by atoms with Crippen LogP contribution < -0.4 is 15.8 Å². The third-order valence-corrected chi connectivity index (χ3v) is 4.02. The van der Waals surface area contributed by atoms with E-state index in [0.717, 1.165) is 23.2 Å². The minimum absolute atomic E-state index is 0. The van der Waals surface area contributed by atoms with Gasteiger partial charge < -0.3 is 20.5 Å². The van der Waals surface area contributed by atoms with E-state index >= 15 is 0 Å². The first kappa shape index (κ1) is 20.4. The zero-order valence-corrected chi connectivity index (χ0v) is 17.0. The van der Waals surface area contributed by atoms with Gasteiger partial charge in [-0.25, -0.2) is 4.39 Å². The summed E-state index contributed by atoms with van der Waals surface area (Å²) in [7, 11) is 0. The first-order chi connectivity index (χ1) is 12.2. The van der Waals surface area contributed by atoms with Crippen LogP contribution >= 0.6 is 24.0 Å². The number of nitrogens with one attached hydrogen (secondary N) is 1. The molecule has 0 radical (unpaired) electrons. The minimum atomic E-state index is -0.297. The maximum absolute atomic E-state index is 13.7. The molecule has 1 aliphatic rings. The molecular formula is C19H23FIN3O2. The van der Waals surface area contributed by atoms with Gasteiger partial charge in [0.15, 0.2) is 12.8 Å². The minimum Gasteiger partial charge on any atom is -0.467 e. The Kier molecular flexibility index (Phi) is 7.65. The van der Waals surface area contributed by atoms with Crippen LogP contribution in [0.15, 0.2) is 41.4 Å². The standard InChI is InChI=1S/C19H22FN3O2.HI/c1-2-13-4-3-5-17(8-13)23-19(21)22-7-6-14-9-16(20)10-15-11-24-12-25-18(14)15;/h3-5,8-10H,2,6-7,11-12H2,1H3,(H3,21,22,23);1H. The molecule has 0 atom stereocenters. The van der Waals surface area contributed by atoms with Crippen molar-refractivity contribution in [2.75, 3.05) is 18.7 Å². The molecule has 2 aromatic carbocycles. The third-order valence-electron chi connectivity index (χ3n) is 4.02. The number of benzene rings is 2. The van der Waals surface area contributed by atoms with Crippen LogP contribution in [0.4, 0.5) is 10.1 Å². The second-order valence-corrected chi connectivity index (χ2v) is 5.86. The number of anilines is 1. The normalized spacial score (nSPS) is 13.4. The van der Waals surface area contributed by atoms with E-state index in [0.29, 0.717) is 31.3 Å². The zero-order chi connectivity index (χ0) is 17.6. The maximum atomic E-state index is 13.7. The average molecular weight is 471 g/mol. The lowest BCUT2D eigenvalue weighted by Gasteiger charge is -2.20. The Morgan fingerprint density at radius 1 is 1.31 bits per heavy atom. The molecule has 0 saturated heterocycles. The molecule has 0 unspecified atom stereocenters. The molecule has 5 nitrogen and oxygen atoms in total. The lowest BCUT2D eigenvalue weighted by molar-refractivity contribution is -0.0172. The van der Waals surface area contributed by atoms with E-state index in [-0.39, 0.29) is 36.6 Å². The van der Waals surface area contributed by atoms with Gasteiger partial charge in [0.1, 0.15) is 11.6 Å². The number of halogens is 2. The van der Waals surface area contributed by atoms with Crippen LogP contribution in [-0.4, -0.2) is 19.3 Å². The van der Waals surface area contributed by atoms with Crippen molar-refractivity contribution in [1.82, 2.24) is 0 Å². The number of aliphatic imine (C=N–C) groups is 1. The molecule has 1 heterocycles. The Bertz CT molecular complexity index is 783. The number of hydrogen-bond donors (Lipinski definition) is 2. The van der Waals surface area contributed by atoms with Crippen molar-refractivity contribution >= 4 is 35.6 Å². The lowest BCUT2D eigenvalue weighted by Crippen LogP contribution is -2.23. The molecule has 0 fully saturated rings. The van der Waals surface area contributed by atoms with Gasteiger partial charge in [0.2, 0.25) is 0 Å². The average Bonchev–Trinajstić information content (AvgIpc) is 2.61. The van der Waals surface area contributed by atoms with Crippen molar-refractivity contribution in [2.24, 2.45) is 10.7 Å². The molecular weight excluding hydrogens is 448 g/mol. The Balaban J connectivity index is 0.00000243. The van der Waals surface area contributed by atoms with Gasteiger partial charge >= 0.3 is 0 Å². The summed E-state index contributed by atoms with van der Waals surface area (Å²) in [6.45, 7) is 3.09. The zero-order valence-electron chi connectivity index (χ0n) is 14.6.